The Balaban J connectivity index is 0.000000561. The molecule has 1 heterocycles. The second kappa shape index (κ2) is 6.82. The van der Waals surface area contributed by atoms with Gasteiger partial charge >= 0.3 is 0 Å². The number of nitrogens with zero attached hydrogens (tertiary/aromatic N) is 1. The highest BCUT2D eigenvalue weighted by Crippen LogP contribution is 2.09. The zero-order valence-corrected chi connectivity index (χ0v) is 7.59. The second-order valence-corrected chi connectivity index (χ2v) is 2.46. The molecule has 0 saturated carbocycles. The van der Waals surface area contributed by atoms with Crippen molar-refractivity contribution >= 4 is 6.34 Å². The molecule has 1 aliphatic rings. The first kappa shape index (κ1) is 11.1. The fourth-order valence-electron chi connectivity index (χ4n) is 1.10. The Bertz CT molecular complexity index is 153. The average molecular weight is 170 g/mol. The van der Waals surface area contributed by atoms with Crippen molar-refractivity contribution in [2.24, 2.45) is 11.5 Å². The Labute approximate surface area is 73.7 Å². The van der Waals surface area contributed by atoms with E-state index in [1.165, 1.54) is 19.0 Å². The summed E-state index contributed by atoms with van der Waals surface area (Å²) in [6.45, 7) is 2.51. The summed E-state index contributed by atoms with van der Waals surface area (Å²) in [4.78, 5) is 1.95. The highest BCUT2D eigenvalue weighted by molar-refractivity contribution is 5.53. The molecule has 4 nitrogen and oxygen atoms in total. The molecule has 0 bridgehead atoms. The molecule has 1 aliphatic heterocycles. The summed E-state index contributed by atoms with van der Waals surface area (Å²) in [6.07, 6.45) is 4.50. The largest absolute Gasteiger partial charge is 0.355 e. The molecule has 0 aliphatic carbocycles. The third kappa shape index (κ3) is 3.50. The predicted molar refractivity (Wildman–Crippen MR) is 52.2 cm³/mol. The molecular weight excluding hydrogens is 152 g/mol. The van der Waals surface area contributed by atoms with Crippen LogP contribution in [0.4, 0.5) is 0 Å². The van der Waals surface area contributed by atoms with Gasteiger partial charge in [0.15, 0.2) is 0 Å². The van der Waals surface area contributed by atoms with Crippen molar-refractivity contribution < 1.29 is 0 Å². The molecule has 0 atom stereocenters. The van der Waals surface area contributed by atoms with Gasteiger partial charge in [-0.1, -0.05) is 11.6 Å². The van der Waals surface area contributed by atoms with Crippen LogP contribution in [-0.2, 0) is 0 Å². The number of rotatable bonds is 3. The van der Waals surface area contributed by atoms with Crippen LogP contribution in [0.25, 0.3) is 0 Å². The minimum atomic E-state index is 0.720. The van der Waals surface area contributed by atoms with E-state index >= 15 is 0 Å². The molecule has 5 N–H and O–H groups in total. The lowest BCUT2D eigenvalue weighted by atomic mass is 10.2. The van der Waals surface area contributed by atoms with E-state index in [-0.39, 0.29) is 0 Å². The highest BCUT2D eigenvalue weighted by Gasteiger charge is 2.08. The van der Waals surface area contributed by atoms with Gasteiger partial charge in [-0.3, -0.25) is 5.41 Å². The topological polar surface area (TPSA) is 79.1 Å². The van der Waals surface area contributed by atoms with Crippen LogP contribution in [0.5, 0.6) is 0 Å². The molecule has 4 heteroatoms. The predicted octanol–water partition coefficient (Wildman–Crippen LogP) is -0.241. The van der Waals surface area contributed by atoms with Crippen molar-refractivity contribution in [2.75, 3.05) is 26.7 Å². The maximum absolute atomic E-state index is 6.96. The van der Waals surface area contributed by atoms with E-state index in [4.69, 9.17) is 11.1 Å². The van der Waals surface area contributed by atoms with Crippen LogP contribution < -0.4 is 11.5 Å². The Morgan fingerprint density at radius 3 is 2.75 bits per heavy atom. The summed E-state index contributed by atoms with van der Waals surface area (Å²) in [5.74, 6) is 0. The first-order valence-corrected chi connectivity index (χ1v) is 4.07. The second-order valence-electron chi connectivity index (χ2n) is 2.46. The van der Waals surface area contributed by atoms with Crippen LogP contribution >= 0.6 is 0 Å². The molecule has 0 radical (unpaired) electrons. The van der Waals surface area contributed by atoms with E-state index in [0.29, 0.717) is 0 Å². The van der Waals surface area contributed by atoms with E-state index in [1.807, 2.05) is 4.90 Å². The first-order chi connectivity index (χ1) is 5.86. The molecule has 12 heavy (non-hydrogen) atoms. The Morgan fingerprint density at radius 1 is 1.67 bits per heavy atom. The maximum Gasteiger partial charge on any atom is 0.0823 e. The van der Waals surface area contributed by atoms with Gasteiger partial charge in [0.2, 0.25) is 0 Å². The van der Waals surface area contributed by atoms with Crippen molar-refractivity contribution in [1.82, 2.24) is 4.90 Å². The lowest BCUT2D eigenvalue weighted by Gasteiger charge is -2.09. The van der Waals surface area contributed by atoms with Crippen LogP contribution in [0.2, 0.25) is 0 Å². The van der Waals surface area contributed by atoms with Gasteiger partial charge in [-0.15, -0.1) is 0 Å². The Kier molecular flexibility index (Phi) is 6.32. The average Bonchev–Trinajstić information content (AvgIpc) is 2.57. The van der Waals surface area contributed by atoms with Crippen LogP contribution in [0.15, 0.2) is 11.6 Å². The minimum Gasteiger partial charge on any atom is -0.355 e. The lowest BCUT2D eigenvalue weighted by molar-refractivity contribution is 0.541. The Morgan fingerprint density at radius 2 is 2.33 bits per heavy atom. The van der Waals surface area contributed by atoms with Crippen molar-refractivity contribution in [3.63, 3.8) is 0 Å². The molecule has 1 rings (SSSR count). The van der Waals surface area contributed by atoms with Gasteiger partial charge in [-0.05, 0) is 20.0 Å². The standard InChI is InChI=1S/C7H13N3.CH5N/c8-3-1-7-2-4-10(5-7)6-9;1-2/h2,6,9H,1,3-5,8H2;2H2,1H3. The van der Waals surface area contributed by atoms with Gasteiger partial charge in [0.1, 0.15) is 0 Å². The normalized spacial score (nSPS) is 14.9. The van der Waals surface area contributed by atoms with Crippen LogP contribution in [0, 0.1) is 5.41 Å². The van der Waals surface area contributed by atoms with Crippen molar-refractivity contribution in [1.29, 1.82) is 5.41 Å². The SMILES string of the molecule is CN.N=CN1CC=C(CCN)C1. The van der Waals surface area contributed by atoms with E-state index in [9.17, 15) is 0 Å². The van der Waals surface area contributed by atoms with E-state index in [1.54, 1.807) is 0 Å². The van der Waals surface area contributed by atoms with Gasteiger partial charge in [0.25, 0.3) is 0 Å². The third-order valence-electron chi connectivity index (χ3n) is 1.67. The van der Waals surface area contributed by atoms with E-state index in [2.05, 4.69) is 11.8 Å². The van der Waals surface area contributed by atoms with Gasteiger partial charge in [-0.25, -0.2) is 0 Å². The van der Waals surface area contributed by atoms with Gasteiger partial charge in [0.05, 0.1) is 6.34 Å². The molecule has 0 aromatic rings. The molecule has 0 spiro atoms. The maximum atomic E-state index is 6.96. The van der Waals surface area contributed by atoms with Crippen molar-refractivity contribution in [3.8, 4) is 0 Å². The molecule has 0 aromatic carbocycles. The molecule has 0 aromatic heterocycles. The number of nitrogens with two attached hydrogens (primary N) is 2. The van der Waals surface area contributed by atoms with Crippen molar-refractivity contribution in [2.45, 2.75) is 6.42 Å². The highest BCUT2D eigenvalue weighted by atomic mass is 15.1. The molecule has 0 saturated heterocycles. The monoisotopic (exact) mass is 170 g/mol. The summed E-state index contributed by atoms with van der Waals surface area (Å²) >= 11 is 0. The smallest absolute Gasteiger partial charge is 0.0823 e. The van der Waals surface area contributed by atoms with Crippen LogP contribution in [0.1, 0.15) is 6.42 Å². The quantitative estimate of drug-likeness (QED) is 0.311. The first-order valence-electron chi connectivity index (χ1n) is 4.07. The van der Waals surface area contributed by atoms with Gasteiger partial charge < -0.3 is 16.4 Å². The fourth-order valence-corrected chi connectivity index (χ4v) is 1.10. The zero-order chi connectivity index (χ0) is 9.40. The summed E-state index contributed by atoms with van der Waals surface area (Å²) < 4.78 is 0. The third-order valence-corrected chi connectivity index (χ3v) is 1.67. The molecule has 0 amide bonds. The summed E-state index contributed by atoms with van der Waals surface area (Å²) in [5.41, 5.74) is 11.2. The molecular formula is C8H18N4. The fraction of sp³-hybridized carbons (Fsp3) is 0.625. The molecule has 0 unspecified atom stereocenters. The summed E-state index contributed by atoms with van der Waals surface area (Å²) in [7, 11) is 1.50. The van der Waals surface area contributed by atoms with Crippen molar-refractivity contribution in [3.05, 3.63) is 11.6 Å². The van der Waals surface area contributed by atoms with Gasteiger partial charge in [-0.2, -0.15) is 0 Å². The van der Waals surface area contributed by atoms with E-state index < -0.39 is 0 Å². The van der Waals surface area contributed by atoms with Crippen LogP contribution in [-0.4, -0.2) is 37.9 Å². The molecule has 70 valence electrons. The van der Waals surface area contributed by atoms with Gasteiger partial charge in [0, 0.05) is 13.1 Å². The Hall–Kier alpha value is -0.870. The van der Waals surface area contributed by atoms with Crippen LogP contribution in [0.3, 0.4) is 0 Å². The van der Waals surface area contributed by atoms with E-state index in [0.717, 1.165) is 26.1 Å². The minimum absolute atomic E-state index is 0.720. The number of hydrogen-bond donors (Lipinski definition) is 3. The molecule has 0 fully saturated rings. The zero-order valence-electron chi connectivity index (χ0n) is 7.59. The summed E-state index contributed by atoms with van der Waals surface area (Å²) in [6, 6.07) is 0. The number of hydrogen-bond acceptors (Lipinski definition) is 3. The summed E-state index contributed by atoms with van der Waals surface area (Å²) in [5, 5.41) is 6.96. The number of nitrogens with one attached hydrogen (secondary N) is 1. The lowest BCUT2D eigenvalue weighted by Crippen LogP contribution is -2.18.